The normalized spacial score (nSPS) is 14.9. The molecule has 3 rings (SSSR count). The third-order valence-corrected chi connectivity index (χ3v) is 3.39. The van der Waals surface area contributed by atoms with Gasteiger partial charge in [-0.1, -0.05) is 24.3 Å². The van der Waals surface area contributed by atoms with Crippen molar-refractivity contribution in [3.05, 3.63) is 47.7 Å². The van der Waals surface area contributed by atoms with Crippen molar-refractivity contribution in [3.8, 4) is 11.3 Å². The van der Waals surface area contributed by atoms with Crippen LogP contribution in [0.1, 0.15) is 29.9 Å². The molecule has 0 radical (unpaired) electrons. The summed E-state index contributed by atoms with van der Waals surface area (Å²) in [6.45, 7) is 2.09. The zero-order valence-corrected chi connectivity index (χ0v) is 9.98. The molecule has 86 valence electrons. The van der Waals surface area contributed by atoms with Crippen molar-refractivity contribution >= 4 is 5.69 Å². The van der Waals surface area contributed by atoms with Crippen LogP contribution in [0.2, 0.25) is 0 Å². The minimum atomic E-state index is 0.704. The van der Waals surface area contributed by atoms with Crippen molar-refractivity contribution in [3.63, 3.8) is 0 Å². The van der Waals surface area contributed by atoms with Gasteiger partial charge in [0.05, 0.1) is 11.4 Å². The van der Waals surface area contributed by atoms with Crippen molar-refractivity contribution in [2.45, 2.75) is 25.7 Å². The Labute approximate surface area is 102 Å². The summed E-state index contributed by atoms with van der Waals surface area (Å²) in [5.41, 5.74) is 11.5. The Morgan fingerprint density at radius 3 is 2.65 bits per heavy atom. The van der Waals surface area contributed by atoms with Gasteiger partial charge in [0.25, 0.3) is 0 Å². The van der Waals surface area contributed by atoms with E-state index in [9.17, 15) is 0 Å². The molecular weight excluding hydrogens is 208 g/mol. The fraction of sp³-hybridized carbons (Fsp3) is 0.267. The third-order valence-electron chi connectivity index (χ3n) is 3.39. The molecule has 1 fully saturated rings. The van der Waals surface area contributed by atoms with E-state index >= 15 is 0 Å². The summed E-state index contributed by atoms with van der Waals surface area (Å²) in [6.07, 6.45) is 4.55. The van der Waals surface area contributed by atoms with Crippen molar-refractivity contribution in [2.24, 2.45) is 0 Å². The van der Waals surface area contributed by atoms with Crippen LogP contribution in [0.5, 0.6) is 0 Å². The second-order valence-corrected chi connectivity index (χ2v) is 4.80. The van der Waals surface area contributed by atoms with Gasteiger partial charge in [0.2, 0.25) is 0 Å². The Morgan fingerprint density at radius 1 is 1.24 bits per heavy atom. The minimum absolute atomic E-state index is 0.704. The Kier molecular flexibility index (Phi) is 2.36. The van der Waals surface area contributed by atoms with Gasteiger partial charge in [-0.25, -0.2) is 0 Å². The first-order valence-electron chi connectivity index (χ1n) is 6.07. The summed E-state index contributed by atoms with van der Waals surface area (Å²) in [6, 6.07) is 10.3. The molecule has 0 amide bonds. The second kappa shape index (κ2) is 3.88. The Bertz CT molecular complexity index is 557. The largest absolute Gasteiger partial charge is 0.397 e. The van der Waals surface area contributed by atoms with Crippen molar-refractivity contribution in [2.75, 3.05) is 5.73 Å². The maximum Gasteiger partial charge on any atom is 0.0933 e. The van der Waals surface area contributed by atoms with Gasteiger partial charge in [0.1, 0.15) is 0 Å². The van der Waals surface area contributed by atoms with Gasteiger partial charge in [-0.3, -0.25) is 4.98 Å². The minimum Gasteiger partial charge on any atom is -0.397 e. The van der Waals surface area contributed by atoms with Crippen LogP contribution in [0.25, 0.3) is 11.3 Å². The number of aryl methyl sites for hydroxylation is 1. The molecule has 0 bridgehead atoms. The van der Waals surface area contributed by atoms with Crippen LogP contribution in [-0.4, -0.2) is 4.98 Å². The topological polar surface area (TPSA) is 38.9 Å². The zero-order chi connectivity index (χ0) is 11.8. The number of hydrogen-bond donors (Lipinski definition) is 1. The van der Waals surface area contributed by atoms with Gasteiger partial charge in [-0.05, 0) is 42.9 Å². The molecule has 0 unspecified atom stereocenters. The van der Waals surface area contributed by atoms with E-state index in [0.29, 0.717) is 5.92 Å². The predicted octanol–water partition coefficient (Wildman–Crippen LogP) is 3.52. The molecule has 0 aliphatic heterocycles. The van der Waals surface area contributed by atoms with E-state index in [-0.39, 0.29) is 0 Å². The molecule has 0 spiro atoms. The highest BCUT2D eigenvalue weighted by Gasteiger charge is 2.24. The SMILES string of the molecule is Cc1ccccc1-c1ncc(C2CC2)cc1N. The number of rotatable bonds is 2. The number of nitrogens with zero attached hydrogens (tertiary/aromatic N) is 1. The van der Waals surface area contributed by atoms with Crippen LogP contribution < -0.4 is 5.73 Å². The van der Waals surface area contributed by atoms with Crippen molar-refractivity contribution in [1.82, 2.24) is 4.98 Å². The number of benzene rings is 1. The lowest BCUT2D eigenvalue weighted by molar-refractivity contribution is 1.10. The van der Waals surface area contributed by atoms with E-state index in [1.807, 2.05) is 18.3 Å². The molecule has 17 heavy (non-hydrogen) atoms. The van der Waals surface area contributed by atoms with E-state index in [1.165, 1.54) is 24.0 Å². The zero-order valence-electron chi connectivity index (χ0n) is 9.98. The first-order chi connectivity index (χ1) is 8.25. The third kappa shape index (κ3) is 1.91. The van der Waals surface area contributed by atoms with Crippen LogP contribution in [0, 0.1) is 6.92 Å². The van der Waals surface area contributed by atoms with Gasteiger partial charge >= 0.3 is 0 Å². The van der Waals surface area contributed by atoms with Gasteiger partial charge < -0.3 is 5.73 Å². The summed E-state index contributed by atoms with van der Waals surface area (Å²) in [7, 11) is 0. The number of pyridine rings is 1. The van der Waals surface area contributed by atoms with Gasteiger partial charge in [0.15, 0.2) is 0 Å². The summed E-state index contributed by atoms with van der Waals surface area (Å²) in [4.78, 5) is 4.55. The van der Waals surface area contributed by atoms with Crippen molar-refractivity contribution < 1.29 is 0 Å². The highest BCUT2D eigenvalue weighted by molar-refractivity contribution is 5.75. The number of aromatic nitrogens is 1. The van der Waals surface area contributed by atoms with E-state index in [0.717, 1.165) is 16.9 Å². The maximum atomic E-state index is 6.13. The van der Waals surface area contributed by atoms with Crippen LogP contribution in [0.3, 0.4) is 0 Å². The first kappa shape index (κ1) is 10.3. The van der Waals surface area contributed by atoms with Gasteiger partial charge in [-0.2, -0.15) is 0 Å². The number of nitrogen functional groups attached to an aromatic ring is 1. The first-order valence-corrected chi connectivity index (χ1v) is 6.07. The summed E-state index contributed by atoms with van der Waals surface area (Å²) in [5.74, 6) is 0.704. The number of nitrogens with two attached hydrogens (primary N) is 1. The molecule has 2 N–H and O–H groups in total. The monoisotopic (exact) mass is 224 g/mol. The standard InChI is InChI=1S/C15H16N2/c1-10-4-2-3-5-13(10)15-14(16)8-12(9-17-15)11-6-7-11/h2-5,8-9,11H,6-7,16H2,1H3. The molecule has 1 aromatic carbocycles. The summed E-state index contributed by atoms with van der Waals surface area (Å²) in [5, 5.41) is 0. The molecule has 1 aliphatic rings. The van der Waals surface area contributed by atoms with Crippen molar-refractivity contribution in [1.29, 1.82) is 0 Å². The van der Waals surface area contributed by atoms with E-state index in [4.69, 9.17) is 5.73 Å². The Morgan fingerprint density at radius 2 is 2.00 bits per heavy atom. The second-order valence-electron chi connectivity index (χ2n) is 4.80. The van der Waals surface area contributed by atoms with Crippen LogP contribution in [0.15, 0.2) is 36.5 Å². The maximum absolute atomic E-state index is 6.13. The average molecular weight is 224 g/mol. The summed E-state index contributed by atoms with van der Waals surface area (Å²) >= 11 is 0. The lowest BCUT2D eigenvalue weighted by Gasteiger charge is -2.09. The van der Waals surface area contributed by atoms with Crippen LogP contribution >= 0.6 is 0 Å². The number of hydrogen-bond acceptors (Lipinski definition) is 2. The lowest BCUT2D eigenvalue weighted by atomic mass is 10.0. The molecule has 2 nitrogen and oxygen atoms in total. The highest BCUT2D eigenvalue weighted by Crippen LogP contribution is 2.41. The van der Waals surface area contributed by atoms with E-state index in [2.05, 4.69) is 30.1 Å². The Hall–Kier alpha value is -1.83. The summed E-state index contributed by atoms with van der Waals surface area (Å²) < 4.78 is 0. The lowest BCUT2D eigenvalue weighted by Crippen LogP contribution is -1.96. The Balaban J connectivity index is 2.06. The molecule has 0 saturated heterocycles. The highest BCUT2D eigenvalue weighted by atomic mass is 14.7. The fourth-order valence-electron chi connectivity index (χ4n) is 2.20. The molecule has 1 aromatic heterocycles. The number of anilines is 1. The smallest absolute Gasteiger partial charge is 0.0933 e. The molecule has 0 atom stereocenters. The fourth-order valence-corrected chi connectivity index (χ4v) is 2.20. The van der Waals surface area contributed by atoms with E-state index < -0.39 is 0 Å². The molecular formula is C15H16N2. The predicted molar refractivity (Wildman–Crippen MR) is 70.8 cm³/mol. The molecule has 1 heterocycles. The molecule has 2 aromatic rings. The van der Waals surface area contributed by atoms with Crippen LogP contribution in [0.4, 0.5) is 5.69 Å². The quantitative estimate of drug-likeness (QED) is 0.847. The molecule has 2 heteroatoms. The van der Waals surface area contributed by atoms with Gasteiger partial charge in [0, 0.05) is 11.8 Å². The molecule has 1 saturated carbocycles. The van der Waals surface area contributed by atoms with Crippen LogP contribution in [-0.2, 0) is 0 Å². The average Bonchev–Trinajstić information content (AvgIpc) is 3.14. The van der Waals surface area contributed by atoms with E-state index in [1.54, 1.807) is 0 Å². The molecule has 1 aliphatic carbocycles. The van der Waals surface area contributed by atoms with Gasteiger partial charge in [-0.15, -0.1) is 0 Å².